The van der Waals surface area contributed by atoms with E-state index in [1.165, 1.54) is 23.3 Å². The van der Waals surface area contributed by atoms with E-state index in [1.54, 1.807) is 6.20 Å². The monoisotopic (exact) mass is 506 g/mol. The van der Waals surface area contributed by atoms with Gasteiger partial charge in [-0.1, -0.05) is 5.11 Å². The van der Waals surface area contributed by atoms with Crippen molar-refractivity contribution in [3.8, 4) is 11.6 Å². The van der Waals surface area contributed by atoms with Crippen LogP contribution in [0.15, 0.2) is 43.0 Å². The van der Waals surface area contributed by atoms with Crippen LogP contribution in [0.4, 0.5) is 13.2 Å². The van der Waals surface area contributed by atoms with Crippen LogP contribution >= 0.6 is 0 Å². The summed E-state index contributed by atoms with van der Waals surface area (Å²) in [6.07, 6.45) is 1.98. The molecule has 0 spiro atoms. The highest BCUT2D eigenvalue weighted by Gasteiger charge is 2.64. The largest absolute Gasteiger partial charge is 0.472 e. The van der Waals surface area contributed by atoms with Gasteiger partial charge in [0.15, 0.2) is 5.69 Å². The van der Waals surface area contributed by atoms with Crippen LogP contribution in [0, 0.1) is 12.8 Å². The second-order valence-corrected chi connectivity index (χ2v) is 11.0. The molecule has 5 rings (SSSR count). The number of nitrogens with zero attached hydrogens (tertiary/aromatic N) is 6. The molecule has 0 aromatic carbocycles. The summed E-state index contributed by atoms with van der Waals surface area (Å²) in [5, 5.41) is 8.15. The van der Waals surface area contributed by atoms with E-state index in [0.717, 1.165) is 17.8 Å². The van der Waals surface area contributed by atoms with Gasteiger partial charge >= 0.3 is 6.18 Å². The highest BCUT2D eigenvalue weighted by atomic mass is 19.4. The van der Waals surface area contributed by atoms with E-state index in [4.69, 9.17) is 4.74 Å². The van der Waals surface area contributed by atoms with Crippen LogP contribution in [0.3, 0.4) is 0 Å². The maximum absolute atomic E-state index is 14.3. The van der Waals surface area contributed by atoms with E-state index in [1.807, 2.05) is 17.9 Å². The Hall–Kier alpha value is -3.24. The van der Waals surface area contributed by atoms with Gasteiger partial charge in [0, 0.05) is 18.5 Å². The number of aryl methyl sites for hydroxylation is 1. The number of piperidine rings is 1. The van der Waals surface area contributed by atoms with Gasteiger partial charge in [0.1, 0.15) is 19.6 Å². The first-order valence-corrected chi connectivity index (χ1v) is 12.2. The molecule has 4 unspecified atom stereocenters. The van der Waals surface area contributed by atoms with Crippen LogP contribution in [0.25, 0.3) is 5.69 Å². The molecule has 4 heterocycles. The number of amides is 1. The van der Waals surface area contributed by atoms with Crippen molar-refractivity contribution in [2.45, 2.75) is 48.6 Å². The van der Waals surface area contributed by atoms with Crippen LogP contribution in [0.1, 0.15) is 34.5 Å². The number of hydrogen-bond acceptors (Lipinski definition) is 6. The van der Waals surface area contributed by atoms with Crippen molar-refractivity contribution in [3.05, 3.63) is 59.8 Å². The van der Waals surface area contributed by atoms with Gasteiger partial charge in [-0.2, -0.15) is 23.4 Å². The number of likely N-dealkylation sites (tertiary alicyclic amines) is 1. The lowest BCUT2D eigenvalue weighted by Crippen LogP contribution is -2.66. The first-order chi connectivity index (χ1) is 17.3. The fourth-order valence-corrected chi connectivity index (χ4v) is 5.81. The Kier molecular flexibility index (Phi) is 5.95. The summed E-state index contributed by atoms with van der Waals surface area (Å²) in [6.45, 7) is 1.88. The number of pyridine rings is 2. The van der Waals surface area contributed by atoms with Gasteiger partial charge in [-0.25, -0.2) is 9.97 Å². The molecule has 37 heavy (non-hydrogen) atoms. The molecule has 0 radical (unpaired) electrons. The Labute approximate surface area is 216 Å². The number of carbonyl (C=O) groups is 1. The lowest BCUT2D eigenvalue weighted by atomic mass is 9.29. The van der Waals surface area contributed by atoms with Gasteiger partial charge in [-0.3, -0.25) is 4.79 Å². The van der Waals surface area contributed by atoms with Crippen LogP contribution in [-0.2, 0) is 6.18 Å². The van der Waals surface area contributed by atoms with Gasteiger partial charge < -0.3 is 9.64 Å². The molecule has 2 bridgehead atoms. The van der Waals surface area contributed by atoms with Crippen molar-refractivity contribution in [1.82, 2.24) is 29.9 Å². The summed E-state index contributed by atoms with van der Waals surface area (Å²) in [5.74, 6) is -0.0335. The molecular formula is C22H25B4F3N6O2. The van der Waals surface area contributed by atoms with Gasteiger partial charge in [0.25, 0.3) is 5.91 Å². The van der Waals surface area contributed by atoms with Crippen LogP contribution in [0.2, 0.25) is 5.11 Å². The number of ether oxygens (including phenoxy) is 1. The number of aromatic nitrogens is 5. The summed E-state index contributed by atoms with van der Waals surface area (Å²) >= 11 is 0. The van der Waals surface area contributed by atoms with Crippen molar-refractivity contribution < 1.29 is 22.7 Å². The quantitative estimate of drug-likeness (QED) is 0.429. The zero-order valence-electron chi connectivity index (χ0n) is 21.3. The number of rotatable bonds is 5. The number of fused-ring (bicyclic) bond motifs is 2. The van der Waals surface area contributed by atoms with Crippen molar-refractivity contribution >= 4 is 37.3 Å². The average Bonchev–Trinajstić information content (AvgIpc) is 3.54. The average molecular weight is 506 g/mol. The zero-order valence-corrected chi connectivity index (χ0v) is 21.3. The Balaban J connectivity index is 1.50. The molecule has 1 saturated carbocycles. The first-order valence-electron chi connectivity index (χ1n) is 12.2. The van der Waals surface area contributed by atoms with E-state index in [9.17, 15) is 18.0 Å². The van der Waals surface area contributed by atoms with E-state index in [2.05, 4.69) is 51.6 Å². The summed E-state index contributed by atoms with van der Waals surface area (Å²) in [7, 11) is 8.43. The van der Waals surface area contributed by atoms with E-state index in [0.29, 0.717) is 18.5 Å². The molecular weight excluding hydrogens is 481 g/mol. The maximum Gasteiger partial charge on any atom is 0.417 e. The lowest BCUT2D eigenvalue weighted by Gasteiger charge is -2.54. The van der Waals surface area contributed by atoms with Crippen molar-refractivity contribution in [3.63, 3.8) is 0 Å². The Bertz CT molecular complexity index is 1320. The van der Waals surface area contributed by atoms with Crippen molar-refractivity contribution in [2.75, 3.05) is 0 Å². The molecule has 15 heteroatoms. The Morgan fingerprint density at radius 2 is 1.81 bits per heavy atom. The minimum absolute atomic E-state index is 0.102. The highest BCUT2D eigenvalue weighted by molar-refractivity contribution is 6.62. The third kappa shape index (κ3) is 4.21. The normalized spacial score (nSPS) is 25.4. The highest BCUT2D eigenvalue weighted by Crippen LogP contribution is 2.55. The number of alkyl halides is 3. The minimum atomic E-state index is -4.47. The zero-order chi connectivity index (χ0) is 26.8. The summed E-state index contributed by atoms with van der Waals surface area (Å²) in [6, 6.07) is 3.71. The summed E-state index contributed by atoms with van der Waals surface area (Å²) in [4.78, 5) is 25.9. The van der Waals surface area contributed by atoms with E-state index in [-0.39, 0.29) is 34.6 Å². The topological polar surface area (TPSA) is 86.0 Å². The van der Waals surface area contributed by atoms with Gasteiger partial charge in [-0.05, 0) is 48.8 Å². The molecule has 3 aromatic rings. The number of hydrogen-bond donors (Lipinski definition) is 0. The Morgan fingerprint density at radius 3 is 2.41 bits per heavy atom. The molecule has 1 aliphatic heterocycles. The maximum atomic E-state index is 14.3. The van der Waals surface area contributed by atoms with Gasteiger partial charge in [0.05, 0.1) is 47.5 Å². The van der Waals surface area contributed by atoms with Crippen LogP contribution in [-0.4, -0.2) is 84.7 Å². The second-order valence-electron chi connectivity index (χ2n) is 11.0. The molecule has 2 aliphatic rings. The predicted octanol–water partition coefficient (Wildman–Crippen LogP) is -0.631. The van der Waals surface area contributed by atoms with Crippen LogP contribution < -0.4 is 4.74 Å². The third-order valence-corrected chi connectivity index (χ3v) is 8.01. The van der Waals surface area contributed by atoms with E-state index >= 15 is 0 Å². The molecule has 1 aliphatic carbocycles. The number of carbonyl (C=O) groups excluding carboxylic acids is 1. The third-order valence-electron chi connectivity index (χ3n) is 8.01. The molecule has 8 nitrogen and oxygen atoms in total. The second kappa shape index (κ2) is 8.66. The molecule has 188 valence electrons. The SMILES string of the molecule is BC(B)(B)C1(B)C2CC(Oc3ccc(C(F)(F)F)cn3)C(C2)N1C(=O)c1ncc(C)cc1-n1nccn1. The number of halogens is 3. The van der Waals surface area contributed by atoms with Crippen molar-refractivity contribution in [2.24, 2.45) is 5.92 Å². The molecule has 2 fully saturated rings. The molecule has 1 amide bonds. The van der Waals surface area contributed by atoms with E-state index < -0.39 is 23.3 Å². The standard InChI is InChI=1S/C22H25B4F3N6O2/c1-11-6-15(35-32-4-5-33-35)18(31-9-11)19(36)34-14-7-13(20(34,23)22(24,25)26)8-16(14)37-17-3-2-12(10-30-17)21(27,28)29/h2-6,9-10,13-14,16H,7-8,23-26H2,1H3. The fraction of sp³-hybridized carbons (Fsp3) is 0.409. The molecule has 0 N–H and O–H groups in total. The molecule has 3 aromatic heterocycles. The first kappa shape index (κ1) is 25.4. The minimum Gasteiger partial charge on any atom is -0.472 e. The Morgan fingerprint density at radius 1 is 1.11 bits per heavy atom. The molecule has 1 saturated heterocycles. The van der Waals surface area contributed by atoms with Gasteiger partial charge in [0.2, 0.25) is 5.88 Å². The summed E-state index contributed by atoms with van der Waals surface area (Å²) < 4.78 is 45.0. The summed E-state index contributed by atoms with van der Waals surface area (Å²) in [5.41, 5.74) is 0.228. The smallest absolute Gasteiger partial charge is 0.417 e. The fourth-order valence-electron chi connectivity index (χ4n) is 5.81. The lowest BCUT2D eigenvalue weighted by molar-refractivity contribution is -0.137. The predicted molar refractivity (Wildman–Crippen MR) is 140 cm³/mol. The van der Waals surface area contributed by atoms with Crippen molar-refractivity contribution in [1.29, 1.82) is 0 Å². The van der Waals surface area contributed by atoms with Gasteiger partial charge in [-0.15, -0.1) is 4.80 Å². The van der Waals surface area contributed by atoms with Crippen LogP contribution in [0.5, 0.6) is 5.88 Å². The molecule has 4 atom stereocenters.